The quantitative estimate of drug-likeness (QED) is 0.694. The van der Waals surface area contributed by atoms with Crippen LogP contribution < -0.4 is 0 Å². The van der Waals surface area contributed by atoms with Gasteiger partial charge in [-0.15, -0.1) is 0 Å². The van der Waals surface area contributed by atoms with Crippen LogP contribution in [-0.2, 0) is 20.9 Å². The number of hydrogen-bond acceptors (Lipinski definition) is 3. The molecule has 1 N–H and O–H groups in total. The van der Waals surface area contributed by atoms with E-state index in [4.69, 9.17) is 9.84 Å². The maximum absolute atomic E-state index is 13.5. The molecule has 0 atom stereocenters. The van der Waals surface area contributed by atoms with Crippen LogP contribution in [-0.4, -0.2) is 27.2 Å². The molecule has 0 fully saturated rings. The molecule has 0 unspecified atom stereocenters. The van der Waals surface area contributed by atoms with E-state index in [-0.39, 0.29) is 6.54 Å². The van der Waals surface area contributed by atoms with Crippen molar-refractivity contribution in [2.24, 2.45) is 0 Å². The number of hydrogen-bond donors (Lipinski definition) is 1. The first-order valence-electron chi connectivity index (χ1n) is 7.07. The average Bonchev–Trinajstić information content (AvgIpc) is 2.72. The van der Waals surface area contributed by atoms with Crippen molar-refractivity contribution in [3.05, 3.63) is 41.9 Å². The lowest BCUT2D eigenvalue weighted by molar-refractivity contribution is -0.155. The summed E-state index contributed by atoms with van der Waals surface area (Å²) in [6.45, 7) is 5.13. The van der Waals surface area contributed by atoms with Gasteiger partial charge >= 0.3 is 11.9 Å². The van der Waals surface area contributed by atoms with E-state index >= 15 is 0 Å². The summed E-state index contributed by atoms with van der Waals surface area (Å²) in [5.74, 6) is -2.02. The highest BCUT2D eigenvalue weighted by Gasteiger charge is 2.18. The second-order valence-electron chi connectivity index (χ2n) is 6.12. The summed E-state index contributed by atoms with van der Waals surface area (Å²) in [4.78, 5) is 22.8. The highest BCUT2D eigenvalue weighted by atomic mass is 19.1. The van der Waals surface area contributed by atoms with Crippen LogP contribution in [0.25, 0.3) is 17.0 Å². The van der Waals surface area contributed by atoms with Crippen LogP contribution in [0.15, 0.2) is 30.3 Å². The van der Waals surface area contributed by atoms with Gasteiger partial charge in [0.2, 0.25) is 0 Å². The molecule has 1 heterocycles. The number of carbonyl (C=O) groups is 2. The van der Waals surface area contributed by atoms with Gasteiger partial charge in [0.05, 0.1) is 5.52 Å². The number of benzene rings is 1. The fourth-order valence-electron chi connectivity index (χ4n) is 2.22. The Morgan fingerprint density at radius 2 is 2.00 bits per heavy atom. The smallest absolute Gasteiger partial charge is 0.328 e. The fourth-order valence-corrected chi connectivity index (χ4v) is 2.22. The van der Waals surface area contributed by atoms with Gasteiger partial charge in [-0.05, 0) is 51.1 Å². The molecule has 0 aliphatic heterocycles. The number of ether oxygens (including phenoxy) is 1. The monoisotopic (exact) mass is 319 g/mol. The van der Waals surface area contributed by atoms with Crippen LogP contribution >= 0.6 is 0 Å². The lowest BCUT2D eigenvalue weighted by Crippen LogP contribution is -2.26. The second kappa shape index (κ2) is 6.24. The van der Waals surface area contributed by atoms with Crippen molar-refractivity contribution in [1.29, 1.82) is 0 Å². The number of aromatic nitrogens is 1. The van der Waals surface area contributed by atoms with Crippen LogP contribution in [0.2, 0.25) is 0 Å². The van der Waals surface area contributed by atoms with E-state index < -0.39 is 23.4 Å². The molecule has 0 amide bonds. The van der Waals surface area contributed by atoms with Gasteiger partial charge in [0.15, 0.2) is 0 Å². The Kier molecular flexibility index (Phi) is 4.54. The van der Waals surface area contributed by atoms with Crippen LogP contribution in [0.1, 0.15) is 26.5 Å². The first-order valence-corrected chi connectivity index (χ1v) is 7.07. The summed E-state index contributed by atoms with van der Waals surface area (Å²) in [6.07, 6.45) is 2.33. The van der Waals surface area contributed by atoms with Gasteiger partial charge in [-0.25, -0.2) is 9.18 Å². The third-order valence-electron chi connectivity index (χ3n) is 3.00. The minimum absolute atomic E-state index is 0.135. The Labute approximate surface area is 133 Å². The van der Waals surface area contributed by atoms with Crippen LogP contribution in [0.4, 0.5) is 4.39 Å². The minimum atomic E-state index is -1.11. The molecule has 0 aliphatic rings. The summed E-state index contributed by atoms with van der Waals surface area (Å²) in [5, 5.41) is 9.48. The fraction of sp³-hybridized carbons (Fsp3) is 0.294. The third-order valence-corrected chi connectivity index (χ3v) is 3.00. The molecular formula is C17H18FNO4. The normalized spacial score (nSPS) is 12.0. The van der Waals surface area contributed by atoms with Gasteiger partial charge in [-0.3, -0.25) is 4.79 Å². The summed E-state index contributed by atoms with van der Waals surface area (Å²) in [5.41, 5.74) is 0.349. The molecule has 1 aromatic carbocycles. The first kappa shape index (κ1) is 16.7. The summed E-state index contributed by atoms with van der Waals surface area (Å²) in [7, 11) is 0. The van der Waals surface area contributed by atoms with E-state index in [1.54, 1.807) is 32.9 Å². The van der Waals surface area contributed by atoms with Crippen molar-refractivity contribution >= 4 is 28.9 Å². The van der Waals surface area contributed by atoms with Gasteiger partial charge in [0.25, 0.3) is 0 Å². The van der Waals surface area contributed by atoms with E-state index in [0.29, 0.717) is 16.6 Å². The van der Waals surface area contributed by atoms with Crippen molar-refractivity contribution in [2.45, 2.75) is 32.9 Å². The standard InChI is InChI=1S/C17H18FNO4/c1-17(2,3)23-16(22)10-19-13(6-7-15(20)21)8-11-4-5-12(18)9-14(11)19/h4-9H,10H2,1-3H3,(H,20,21)/b7-6+. The Balaban J connectivity index is 2.45. The number of carboxylic acids is 1. The summed E-state index contributed by atoms with van der Waals surface area (Å²) < 4.78 is 20.3. The average molecular weight is 319 g/mol. The van der Waals surface area contributed by atoms with Crippen LogP contribution in [0.3, 0.4) is 0 Å². The molecule has 0 aliphatic carbocycles. The topological polar surface area (TPSA) is 68.5 Å². The maximum atomic E-state index is 13.5. The van der Waals surface area contributed by atoms with Crippen molar-refractivity contribution in [2.75, 3.05) is 0 Å². The highest BCUT2D eigenvalue weighted by Crippen LogP contribution is 2.23. The van der Waals surface area contributed by atoms with Gasteiger partial charge in [0, 0.05) is 17.2 Å². The van der Waals surface area contributed by atoms with Crippen molar-refractivity contribution in [3.63, 3.8) is 0 Å². The Morgan fingerprint density at radius 1 is 1.30 bits per heavy atom. The van der Waals surface area contributed by atoms with Gasteiger partial charge in [-0.2, -0.15) is 0 Å². The molecule has 23 heavy (non-hydrogen) atoms. The molecular weight excluding hydrogens is 301 g/mol. The van der Waals surface area contributed by atoms with Crippen molar-refractivity contribution < 1.29 is 23.8 Å². The van der Waals surface area contributed by atoms with E-state index in [0.717, 1.165) is 6.08 Å². The van der Waals surface area contributed by atoms with Gasteiger partial charge in [0.1, 0.15) is 18.0 Å². The summed E-state index contributed by atoms with van der Waals surface area (Å²) >= 11 is 0. The molecule has 6 heteroatoms. The Morgan fingerprint density at radius 3 is 2.61 bits per heavy atom. The minimum Gasteiger partial charge on any atom is -0.478 e. The number of rotatable bonds is 4. The van der Waals surface area contributed by atoms with Crippen LogP contribution in [0, 0.1) is 5.82 Å². The first-order chi connectivity index (χ1) is 10.7. The van der Waals surface area contributed by atoms with E-state index in [1.807, 2.05) is 0 Å². The largest absolute Gasteiger partial charge is 0.478 e. The van der Waals surface area contributed by atoms with Crippen molar-refractivity contribution in [3.8, 4) is 0 Å². The lowest BCUT2D eigenvalue weighted by atomic mass is 10.2. The number of esters is 1. The molecule has 122 valence electrons. The predicted octanol–water partition coefficient (Wildman–Crippen LogP) is 3.22. The van der Waals surface area contributed by atoms with Gasteiger partial charge in [-0.1, -0.05) is 0 Å². The lowest BCUT2D eigenvalue weighted by Gasteiger charge is -2.20. The zero-order chi connectivity index (χ0) is 17.2. The van der Waals surface area contributed by atoms with Crippen molar-refractivity contribution in [1.82, 2.24) is 4.57 Å². The third kappa shape index (κ3) is 4.42. The number of carbonyl (C=O) groups excluding carboxylic acids is 1. The number of carboxylic acid groups (broad SMARTS) is 1. The zero-order valence-electron chi connectivity index (χ0n) is 13.2. The molecule has 0 radical (unpaired) electrons. The molecule has 0 saturated carbocycles. The van der Waals surface area contributed by atoms with Crippen LogP contribution in [0.5, 0.6) is 0 Å². The summed E-state index contributed by atoms with van der Waals surface area (Å²) in [6, 6.07) is 5.88. The van der Waals surface area contributed by atoms with E-state index in [9.17, 15) is 14.0 Å². The molecule has 1 aromatic heterocycles. The molecule has 0 saturated heterocycles. The maximum Gasteiger partial charge on any atom is 0.328 e. The number of aliphatic carboxylic acids is 1. The number of halogens is 1. The molecule has 0 bridgehead atoms. The van der Waals surface area contributed by atoms with E-state index in [1.165, 1.54) is 22.8 Å². The predicted molar refractivity (Wildman–Crippen MR) is 84.4 cm³/mol. The van der Waals surface area contributed by atoms with E-state index in [2.05, 4.69) is 0 Å². The van der Waals surface area contributed by atoms with Gasteiger partial charge < -0.3 is 14.4 Å². The number of fused-ring (bicyclic) bond motifs is 1. The Hall–Kier alpha value is -2.63. The highest BCUT2D eigenvalue weighted by molar-refractivity contribution is 5.89. The second-order valence-corrected chi connectivity index (χ2v) is 6.12. The molecule has 2 aromatic rings. The number of nitrogens with zero attached hydrogens (tertiary/aromatic N) is 1. The Bertz CT molecular complexity index is 784. The molecule has 2 rings (SSSR count). The molecule has 0 spiro atoms. The molecule has 5 nitrogen and oxygen atoms in total. The zero-order valence-corrected chi connectivity index (χ0v) is 13.2. The SMILES string of the molecule is CC(C)(C)OC(=O)Cn1c(/C=C/C(=O)O)cc2ccc(F)cc21.